The van der Waals surface area contributed by atoms with Crippen molar-refractivity contribution in [3.63, 3.8) is 0 Å². The second kappa shape index (κ2) is 42.5. The second-order valence-electron chi connectivity index (χ2n) is 19.0. The van der Waals surface area contributed by atoms with Crippen LogP contribution in [0.3, 0.4) is 0 Å². The predicted octanol–water partition coefficient (Wildman–Crippen LogP) is 20.1. The van der Waals surface area contributed by atoms with Crippen molar-refractivity contribution < 1.29 is 16.5 Å². The summed E-state index contributed by atoms with van der Waals surface area (Å²) in [6, 6.07) is 14.0. The monoisotopic (exact) mass is 907 g/mol. The molecule has 360 valence electrons. The van der Waals surface area contributed by atoms with Crippen LogP contribution in [0.25, 0.3) is 0 Å². The molecule has 0 bridgehead atoms. The zero-order chi connectivity index (χ0) is 44.6. The third kappa shape index (κ3) is 31.4. The first kappa shape index (κ1) is 58.8. The van der Waals surface area contributed by atoms with E-state index in [4.69, 9.17) is 9.98 Å². The van der Waals surface area contributed by atoms with Crippen molar-refractivity contribution in [1.82, 2.24) is 0 Å². The molecule has 0 atom stereocenters. The normalized spacial score (nSPS) is 11.8. The van der Waals surface area contributed by atoms with Gasteiger partial charge >= 0.3 is 0 Å². The quantitative estimate of drug-likeness (QED) is 0.0275. The summed E-state index contributed by atoms with van der Waals surface area (Å²) in [5, 5.41) is 0. The van der Waals surface area contributed by atoms with Gasteiger partial charge in [0.15, 0.2) is 0 Å². The van der Waals surface area contributed by atoms with E-state index in [1.807, 2.05) is 0 Å². The van der Waals surface area contributed by atoms with Crippen molar-refractivity contribution in [2.45, 2.75) is 286 Å². The number of unbranched alkanes of at least 4 members (excludes halogenated alkanes) is 27. The van der Waals surface area contributed by atoms with Crippen molar-refractivity contribution in [3.8, 4) is 11.8 Å². The van der Waals surface area contributed by atoms with E-state index in [0.717, 1.165) is 99.8 Å². The maximum Gasteiger partial charge on any atom is 0.135 e. The van der Waals surface area contributed by atoms with Crippen LogP contribution in [0.2, 0.25) is 0 Å². The van der Waals surface area contributed by atoms with E-state index in [0.29, 0.717) is 0 Å². The Balaban J connectivity index is 0.0000198. The number of rotatable bonds is 40. The molecule has 0 aliphatic heterocycles. The first-order chi connectivity index (χ1) is 30.6. The largest absolute Gasteiger partial charge is 0.250 e. The minimum Gasteiger partial charge on any atom is -0.250 e. The number of hydrogen-bond acceptors (Lipinski definition) is 2. The molecular weight excluding hydrogens is 807 g/mol. The number of aliphatic imine (C=N–C) groups is 2. The van der Waals surface area contributed by atoms with Gasteiger partial charge in [0.2, 0.25) is 0 Å². The summed E-state index contributed by atoms with van der Waals surface area (Å²) in [6.07, 6.45) is 50.1. The minimum absolute atomic E-state index is 0. The molecule has 0 aliphatic carbocycles. The third-order valence-corrected chi connectivity index (χ3v) is 12.6. The number of nitrogens with zero attached hydrogens (tertiary/aromatic N) is 2. The van der Waals surface area contributed by atoms with Crippen molar-refractivity contribution in [1.29, 1.82) is 0 Å². The van der Waals surface area contributed by atoms with Crippen molar-refractivity contribution >= 4 is 22.8 Å². The van der Waals surface area contributed by atoms with Gasteiger partial charge in [-0.15, -0.1) is 0 Å². The van der Waals surface area contributed by atoms with E-state index < -0.39 is 0 Å². The van der Waals surface area contributed by atoms with Crippen LogP contribution < -0.4 is 0 Å². The predicted molar refractivity (Wildman–Crippen MR) is 281 cm³/mol. The van der Waals surface area contributed by atoms with Crippen molar-refractivity contribution in [2.75, 3.05) is 0 Å². The SMILES string of the molecule is CCCCCCCCCCCCCCCCCCCCCCCCCCCCC#CC(=N\c1cc(CCC)cc(CCC)c1)/C(CCCC)=N/c1cc(CCC)cc(CCC)c1.[Ni]. The molecule has 0 saturated carbocycles. The van der Waals surface area contributed by atoms with Gasteiger partial charge in [0, 0.05) is 22.9 Å². The molecule has 0 radical (unpaired) electrons. The molecule has 63 heavy (non-hydrogen) atoms. The van der Waals surface area contributed by atoms with Gasteiger partial charge in [0.25, 0.3) is 0 Å². The van der Waals surface area contributed by atoms with Gasteiger partial charge in [0.05, 0.1) is 17.1 Å². The molecule has 0 spiro atoms. The molecule has 2 rings (SSSR count). The summed E-state index contributed by atoms with van der Waals surface area (Å²) >= 11 is 0. The third-order valence-electron chi connectivity index (χ3n) is 12.6. The molecule has 0 aliphatic rings. The Bertz CT molecular complexity index is 1440. The fraction of sp³-hybridized carbons (Fsp3) is 0.733. The molecule has 0 heterocycles. The fourth-order valence-corrected chi connectivity index (χ4v) is 9.04. The molecule has 3 heteroatoms. The van der Waals surface area contributed by atoms with E-state index in [1.54, 1.807) is 0 Å². The molecule has 2 nitrogen and oxygen atoms in total. The maximum absolute atomic E-state index is 5.40. The molecule has 2 aromatic rings. The zero-order valence-electron chi connectivity index (χ0n) is 42.5. The van der Waals surface area contributed by atoms with E-state index in [2.05, 4.69) is 89.8 Å². The van der Waals surface area contributed by atoms with Gasteiger partial charge in [-0.05, 0) is 97.4 Å². The van der Waals surface area contributed by atoms with Gasteiger partial charge in [-0.3, -0.25) is 4.99 Å². The Kier molecular flexibility index (Phi) is 39.7. The Morgan fingerprint density at radius 3 is 0.968 bits per heavy atom. The average molecular weight is 908 g/mol. The average Bonchev–Trinajstić information content (AvgIpc) is 3.26. The fourth-order valence-electron chi connectivity index (χ4n) is 9.04. The van der Waals surface area contributed by atoms with Crippen LogP contribution >= 0.6 is 0 Å². The van der Waals surface area contributed by atoms with Gasteiger partial charge in [-0.2, -0.15) is 0 Å². The van der Waals surface area contributed by atoms with Crippen LogP contribution in [0.1, 0.15) is 282 Å². The van der Waals surface area contributed by atoms with Crippen LogP contribution in [0.4, 0.5) is 11.4 Å². The van der Waals surface area contributed by atoms with Gasteiger partial charge < -0.3 is 0 Å². The second-order valence-corrected chi connectivity index (χ2v) is 19.0. The molecular formula is C60H100N2Ni. The number of hydrogen-bond donors (Lipinski definition) is 0. The molecule has 0 N–H and O–H groups in total. The Morgan fingerprint density at radius 1 is 0.349 bits per heavy atom. The summed E-state index contributed by atoms with van der Waals surface area (Å²) in [6.45, 7) is 13.7. The van der Waals surface area contributed by atoms with Gasteiger partial charge in [-0.1, -0.05) is 252 Å². The Hall–Kier alpha value is -2.17. The van der Waals surface area contributed by atoms with Crippen LogP contribution in [0.15, 0.2) is 46.4 Å². The van der Waals surface area contributed by atoms with E-state index in [1.165, 1.54) is 189 Å². The van der Waals surface area contributed by atoms with Crippen LogP contribution in [-0.4, -0.2) is 11.4 Å². The van der Waals surface area contributed by atoms with Crippen molar-refractivity contribution in [3.05, 3.63) is 58.7 Å². The summed E-state index contributed by atoms with van der Waals surface area (Å²) in [5.41, 5.74) is 9.61. The van der Waals surface area contributed by atoms with E-state index in [9.17, 15) is 0 Å². The molecule has 0 aromatic heterocycles. The molecule has 0 fully saturated rings. The summed E-state index contributed by atoms with van der Waals surface area (Å²) in [5.74, 6) is 7.22. The van der Waals surface area contributed by atoms with E-state index >= 15 is 0 Å². The Labute approximate surface area is 403 Å². The number of benzene rings is 2. The summed E-state index contributed by atoms with van der Waals surface area (Å²) in [7, 11) is 0. The number of aryl methyl sites for hydroxylation is 4. The topological polar surface area (TPSA) is 24.7 Å². The van der Waals surface area contributed by atoms with Crippen LogP contribution in [0, 0.1) is 11.8 Å². The van der Waals surface area contributed by atoms with Crippen molar-refractivity contribution in [2.24, 2.45) is 9.98 Å². The maximum atomic E-state index is 5.40. The van der Waals surface area contributed by atoms with Crippen LogP contribution in [-0.2, 0) is 42.2 Å². The van der Waals surface area contributed by atoms with Crippen LogP contribution in [0.5, 0.6) is 0 Å². The molecule has 0 amide bonds. The molecule has 0 saturated heterocycles. The molecule has 2 aromatic carbocycles. The Morgan fingerprint density at radius 2 is 0.651 bits per heavy atom. The molecule has 0 unspecified atom stereocenters. The van der Waals surface area contributed by atoms with Gasteiger partial charge in [-0.25, -0.2) is 4.99 Å². The standard InChI is InChI=1S/C60H100N2.Ni/c1-7-13-15-16-17-18-19-20-21-22-23-24-25-26-27-28-29-30-31-32-33-34-35-36-37-38-39-40-46-60(62-58-51-55(43-11-5)48-56(52-58)44-12-6)59(45-14-8-2)61-57-49-53(41-9-3)47-54(50-57)42-10-4;/h47-52H,7-39,41-45H2,1-6H3;/b61-59+,62-60+;. The zero-order valence-corrected chi connectivity index (χ0v) is 43.5. The van der Waals surface area contributed by atoms with E-state index in [-0.39, 0.29) is 16.5 Å². The minimum atomic E-state index is 0. The first-order valence-electron chi connectivity index (χ1n) is 27.5. The summed E-state index contributed by atoms with van der Waals surface area (Å²) in [4.78, 5) is 10.8. The van der Waals surface area contributed by atoms with Gasteiger partial charge in [0.1, 0.15) is 5.71 Å². The first-order valence-corrected chi connectivity index (χ1v) is 27.5. The summed E-state index contributed by atoms with van der Waals surface area (Å²) < 4.78 is 0. The smallest absolute Gasteiger partial charge is 0.135 e.